The summed E-state index contributed by atoms with van der Waals surface area (Å²) < 4.78 is 18.7. The number of hydrogen-bond donors (Lipinski definition) is 0. The molecule has 0 aliphatic carbocycles. The van der Waals surface area contributed by atoms with Crippen molar-refractivity contribution >= 4 is 17.7 Å². The molecule has 29 heavy (non-hydrogen) atoms. The van der Waals surface area contributed by atoms with Crippen molar-refractivity contribution in [3.8, 4) is 5.75 Å². The van der Waals surface area contributed by atoms with Crippen LogP contribution < -0.4 is 4.74 Å². The summed E-state index contributed by atoms with van der Waals surface area (Å²) in [6.07, 6.45) is 1.74. The SMILES string of the molecule is O=C(CN1C(=O)c2ccccc2C1=O)N1CCCC(COc2ccc(F)cc2)C1. The average molecular weight is 396 g/mol. The predicted molar refractivity (Wildman–Crippen MR) is 103 cm³/mol. The van der Waals surface area contributed by atoms with Crippen molar-refractivity contribution in [1.82, 2.24) is 9.80 Å². The number of benzene rings is 2. The summed E-state index contributed by atoms with van der Waals surface area (Å²) in [7, 11) is 0. The van der Waals surface area contributed by atoms with E-state index in [4.69, 9.17) is 4.74 Å². The third kappa shape index (κ3) is 3.99. The Morgan fingerprint density at radius 1 is 1.03 bits per heavy atom. The molecule has 2 heterocycles. The van der Waals surface area contributed by atoms with Crippen molar-refractivity contribution in [1.29, 1.82) is 0 Å². The van der Waals surface area contributed by atoms with Crippen molar-refractivity contribution in [2.45, 2.75) is 12.8 Å². The second-order valence-electron chi connectivity index (χ2n) is 7.35. The number of nitrogens with zero attached hydrogens (tertiary/aromatic N) is 2. The average Bonchev–Trinajstić information content (AvgIpc) is 2.99. The number of imide groups is 1. The number of carbonyl (C=O) groups excluding carboxylic acids is 3. The summed E-state index contributed by atoms with van der Waals surface area (Å²) in [5.41, 5.74) is 0.684. The molecular weight excluding hydrogens is 375 g/mol. The molecule has 2 aliphatic rings. The smallest absolute Gasteiger partial charge is 0.262 e. The summed E-state index contributed by atoms with van der Waals surface area (Å²) in [6.45, 7) is 1.26. The second kappa shape index (κ2) is 8.03. The zero-order valence-corrected chi connectivity index (χ0v) is 15.8. The lowest BCUT2D eigenvalue weighted by Crippen LogP contribution is -2.47. The zero-order chi connectivity index (χ0) is 20.4. The molecule has 2 aromatic carbocycles. The van der Waals surface area contributed by atoms with Gasteiger partial charge in [-0.2, -0.15) is 0 Å². The molecule has 0 bridgehead atoms. The highest BCUT2D eigenvalue weighted by Gasteiger charge is 2.37. The number of piperidine rings is 1. The van der Waals surface area contributed by atoms with Gasteiger partial charge in [0, 0.05) is 19.0 Å². The minimum atomic E-state index is -0.424. The van der Waals surface area contributed by atoms with Gasteiger partial charge >= 0.3 is 0 Å². The van der Waals surface area contributed by atoms with Gasteiger partial charge in [0.2, 0.25) is 5.91 Å². The fourth-order valence-corrected chi connectivity index (χ4v) is 3.79. The molecule has 0 radical (unpaired) electrons. The van der Waals surface area contributed by atoms with Crippen LogP contribution in [0.15, 0.2) is 48.5 Å². The van der Waals surface area contributed by atoms with Crippen LogP contribution in [-0.4, -0.2) is 53.8 Å². The van der Waals surface area contributed by atoms with Gasteiger partial charge in [-0.25, -0.2) is 4.39 Å². The van der Waals surface area contributed by atoms with Gasteiger partial charge in [0.05, 0.1) is 17.7 Å². The number of carbonyl (C=O) groups is 3. The molecule has 4 rings (SSSR count). The van der Waals surface area contributed by atoms with Crippen LogP contribution in [0, 0.1) is 11.7 Å². The normalized spacial score (nSPS) is 18.7. The first-order valence-corrected chi connectivity index (χ1v) is 9.64. The highest BCUT2D eigenvalue weighted by Crippen LogP contribution is 2.24. The molecule has 7 heteroatoms. The van der Waals surface area contributed by atoms with E-state index in [0.29, 0.717) is 36.6 Å². The minimum Gasteiger partial charge on any atom is -0.493 e. The van der Waals surface area contributed by atoms with Crippen LogP contribution in [0.2, 0.25) is 0 Å². The maximum Gasteiger partial charge on any atom is 0.262 e. The molecule has 2 aromatic rings. The Morgan fingerprint density at radius 3 is 2.34 bits per heavy atom. The molecule has 0 aromatic heterocycles. The summed E-state index contributed by atoms with van der Waals surface area (Å²) in [4.78, 5) is 40.4. The molecule has 150 valence electrons. The van der Waals surface area contributed by atoms with Crippen LogP contribution in [-0.2, 0) is 4.79 Å². The van der Waals surface area contributed by atoms with E-state index < -0.39 is 11.8 Å². The van der Waals surface area contributed by atoms with Crippen LogP contribution >= 0.6 is 0 Å². The van der Waals surface area contributed by atoms with Gasteiger partial charge < -0.3 is 9.64 Å². The quantitative estimate of drug-likeness (QED) is 0.729. The lowest BCUT2D eigenvalue weighted by Gasteiger charge is -2.33. The molecular formula is C22H21FN2O4. The van der Waals surface area contributed by atoms with Gasteiger partial charge in [-0.15, -0.1) is 0 Å². The summed E-state index contributed by atoms with van der Waals surface area (Å²) in [5.74, 6) is -0.689. The Labute approximate surface area is 167 Å². The van der Waals surface area contributed by atoms with Crippen molar-refractivity contribution in [2.75, 3.05) is 26.2 Å². The van der Waals surface area contributed by atoms with Crippen molar-refractivity contribution < 1.29 is 23.5 Å². The maximum atomic E-state index is 13.0. The van der Waals surface area contributed by atoms with Gasteiger partial charge in [0.15, 0.2) is 0 Å². The third-order valence-electron chi connectivity index (χ3n) is 5.34. The standard InChI is InChI=1S/C22H21FN2O4/c23-16-7-9-17(10-8-16)29-14-15-4-3-11-24(12-15)20(26)13-25-21(27)18-5-1-2-6-19(18)22(25)28/h1-2,5-10,15H,3-4,11-14H2. The van der Waals surface area contributed by atoms with Crippen LogP contribution in [0.5, 0.6) is 5.75 Å². The largest absolute Gasteiger partial charge is 0.493 e. The Hall–Kier alpha value is -3.22. The Bertz CT molecular complexity index is 909. The van der Waals surface area contributed by atoms with Crippen LogP contribution in [0.25, 0.3) is 0 Å². The summed E-state index contributed by atoms with van der Waals surface area (Å²) in [6, 6.07) is 12.4. The molecule has 0 saturated carbocycles. The predicted octanol–water partition coefficient (Wildman–Crippen LogP) is 2.74. The van der Waals surface area contributed by atoms with E-state index in [0.717, 1.165) is 17.7 Å². The van der Waals surface area contributed by atoms with E-state index in [1.54, 1.807) is 41.3 Å². The Balaban J connectivity index is 1.34. The number of likely N-dealkylation sites (tertiary alicyclic amines) is 1. The fraction of sp³-hybridized carbons (Fsp3) is 0.318. The minimum absolute atomic E-state index is 0.139. The fourth-order valence-electron chi connectivity index (χ4n) is 3.79. The van der Waals surface area contributed by atoms with E-state index in [2.05, 4.69) is 0 Å². The van der Waals surface area contributed by atoms with Gasteiger partial charge in [-0.3, -0.25) is 19.3 Å². The third-order valence-corrected chi connectivity index (χ3v) is 5.34. The maximum absolute atomic E-state index is 13.0. The van der Waals surface area contributed by atoms with Crippen LogP contribution in [0.1, 0.15) is 33.6 Å². The van der Waals surface area contributed by atoms with Crippen LogP contribution in [0.4, 0.5) is 4.39 Å². The van der Waals surface area contributed by atoms with Gasteiger partial charge in [-0.05, 0) is 49.2 Å². The summed E-state index contributed by atoms with van der Waals surface area (Å²) >= 11 is 0. The van der Waals surface area contributed by atoms with E-state index in [1.807, 2.05) is 0 Å². The highest BCUT2D eigenvalue weighted by atomic mass is 19.1. The van der Waals surface area contributed by atoms with E-state index in [9.17, 15) is 18.8 Å². The van der Waals surface area contributed by atoms with Crippen molar-refractivity contribution in [3.05, 3.63) is 65.5 Å². The molecule has 3 amide bonds. The van der Waals surface area contributed by atoms with E-state index >= 15 is 0 Å². The summed E-state index contributed by atoms with van der Waals surface area (Å²) in [5, 5.41) is 0. The van der Waals surface area contributed by atoms with Crippen molar-refractivity contribution in [3.63, 3.8) is 0 Å². The molecule has 2 aliphatic heterocycles. The van der Waals surface area contributed by atoms with Crippen molar-refractivity contribution in [2.24, 2.45) is 5.92 Å². The number of amides is 3. The number of ether oxygens (including phenoxy) is 1. The number of rotatable bonds is 5. The first-order chi connectivity index (χ1) is 14.0. The molecule has 1 saturated heterocycles. The molecule has 1 atom stereocenters. The molecule has 1 fully saturated rings. The highest BCUT2D eigenvalue weighted by molar-refractivity contribution is 6.22. The first kappa shape index (κ1) is 19.1. The Kier molecular flexibility index (Phi) is 5.29. The molecule has 0 N–H and O–H groups in total. The van der Waals surface area contributed by atoms with E-state index in [1.165, 1.54) is 12.1 Å². The molecule has 6 nitrogen and oxygen atoms in total. The monoisotopic (exact) mass is 396 g/mol. The second-order valence-corrected chi connectivity index (χ2v) is 7.35. The van der Waals surface area contributed by atoms with Crippen LogP contribution in [0.3, 0.4) is 0 Å². The topological polar surface area (TPSA) is 66.9 Å². The lowest BCUT2D eigenvalue weighted by atomic mass is 9.99. The van der Waals surface area contributed by atoms with Gasteiger partial charge in [-0.1, -0.05) is 12.1 Å². The molecule has 0 spiro atoms. The number of fused-ring (bicyclic) bond motifs is 1. The van der Waals surface area contributed by atoms with Gasteiger partial charge in [0.1, 0.15) is 18.1 Å². The lowest BCUT2D eigenvalue weighted by molar-refractivity contribution is -0.133. The molecule has 1 unspecified atom stereocenters. The number of halogens is 1. The Morgan fingerprint density at radius 2 is 1.69 bits per heavy atom. The first-order valence-electron chi connectivity index (χ1n) is 9.64. The number of hydrogen-bond acceptors (Lipinski definition) is 4. The van der Waals surface area contributed by atoms with E-state index in [-0.39, 0.29) is 24.2 Å². The van der Waals surface area contributed by atoms with Gasteiger partial charge in [0.25, 0.3) is 11.8 Å². The zero-order valence-electron chi connectivity index (χ0n) is 15.8.